The topological polar surface area (TPSA) is 93.3 Å². The summed E-state index contributed by atoms with van der Waals surface area (Å²) in [6.07, 6.45) is 2.86. The number of rotatable bonds is 8. The van der Waals surface area contributed by atoms with Crippen LogP contribution in [-0.4, -0.2) is 35.0 Å². The van der Waals surface area contributed by atoms with Gasteiger partial charge in [0.15, 0.2) is 15.7 Å². The van der Waals surface area contributed by atoms with Crippen LogP contribution in [0.15, 0.2) is 4.52 Å². The van der Waals surface area contributed by atoms with Gasteiger partial charge >= 0.3 is 0 Å². The molecule has 0 aromatic carbocycles. The molecule has 0 aliphatic carbocycles. The minimum Gasteiger partial charge on any atom is -0.390 e. The third-order valence-corrected chi connectivity index (χ3v) is 4.15. The molecule has 0 aliphatic rings. The number of sulfone groups is 1. The first kappa shape index (κ1) is 16.1. The Morgan fingerprint density at radius 3 is 2.63 bits per heavy atom. The molecular weight excluding hydrogens is 268 g/mol. The number of aryl methyl sites for hydroxylation is 1. The molecule has 1 heterocycles. The lowest BCUT2D eigenvalue weighted by atomic mass is 10.1. The summed E-state index contributed by atoms with van der Waals surface area (Å²) in [5.74, 6) is 0.321. The van der Waals surface area contributed by atoms with E-state index in [-0.39, 0.29) is 23.8 Å². The maximum Gasteiger partial charge on any atom is 0.241 e. The summed E-state index contributed by atoms with van der Waals surface area (Å²) >= 11 is 0. The first-order chi connectivity index (χ1) is 8.72. The second-order valence-electron chi connectivity index (χ2n) is 5.36. The van der Waals surface area contributed by atoms with Gasteiger partial charge in [-0.2, -0.15) is 4.98 Å². The van der Waals surface area contributed by atoms with Crippen LogP contribution in [0.2, 0.25) is 0 Å². The van der Waals surface area contributed by atoms with Crippen molar-refractivity contribution in [2.45, 2.75) is 57.8 Å². The van der Waals surface area contributed by atoms with Gasteiger partial charge in [-0.05, 0) is 26.7 Å². The Labute approximate surface area is 114 Å². The molecule has 0 spiro atoms. The third-order valence-electron chi connectivity index (χ3n) is 2.63. The Morgan fingerprint density at radius 2 is 2.05 bits per heavy atom. The van der Waals surface area contributed by atoms with Crippen molar-refractivity contribution in [2.75, 3.05) is 5.75 Å². The summed E-state index contributed by atoms with van der Waals surface area (Å²) in [5.41, 5.74) is -0.992. The molecule has 0 bridgehead atoms. The summed E-state index contributed by atoms with van der Waals surface area (Å²) in [6, 6.07) is 0. The lowest BCUT2D eigenvalue weighted by molar-refractivity contribution is 0.0772. The van der Waals surface area contributed by atoms with Crippen LogP contribution in [0.4, 0.5) is 0 Å². The zero-order valence-electron chi connectivity index (χ0n) is 11.7. The first-order valence-electron chi connectivity index (χ1n) is 6.46. The fraction of sp³-hybridized carbons (Fsp3) is 0.833. The standard InChI is InChI=1S/C12H22N2O4S/c1-4-5-6-10-13-11(18-14-10)9-19(16,17)8-7-12(2,3)15/h15H,4-9H2,1-3H3. The minimum absolute atomic E-state index is 0.0941. The normalized spacial score (nSPS) is 12.8. The fourth-order valence-electron chi connectivity index (χ4n) is 1.45. The van der Waals surface area contributed by atoms with E-state index >= 15 is 0 Å². The highest BCUT2D eigenvalue weighted by Gasteiger charge is 2.21. The summed E-state index contributed by atoms with van der Waals surface area (Å²) in [6.45, 7) is 5.22. The Morgan fingerprint density at radius 1 is 1.37 bits per heavy atom. The van der Waals surface area contributed by atoms with Crippen LogP contribution in [0.1, 0.15) is 51.7 Å². The number of nitrogens with zero attached hydrogens (tertiary/aromatic N) is 2. The highest BCUT2D eigenvalue weighted by atomic mass is 32.2. The van der Waals surface area contributed by atoms with Crippen LogP contribution in [0, 0.1) is 0 Å². The molecule has 0 saturated heterocycles. The molecule has 110 valence electrons. The molecule has 0 radical (unpaired) electrons. The number of hydrogen-bond acceptors (Lipinski definition) is 6. The molecule has 0 amide bonds. The van der Waals surface area contributed by atoms with Crippen LogP contribution >= 0.6 is 0 Å². The van der Waals surface area contributed by atoms with Gasteiger partial charge in [-0.25, -0.2) is 8.42 Å². The van der Waals surface area contributed by atoms with Gasteiger partial charge in [0, 0.05) is 6.42 Å². The van der Waals surface area contributed by atoms with Crippen LogP contribution in [0.3, 0.4) is 0 Å². The summed E-state index contributed by atoms with van der Waals surface area (Å²) < 4.78 is 28.6. The van der Waals surface area contributed by atoms with E-state index in [0.717, 1.165) is 12.8 Å². The molecule has 0 saturated carbocycles. The molecule has 1 rings (SSSR count). The Bertz CT molecular complexity index is 488. The number of aromatic nitrogens is 2. The van der Waals surface area contributed by atoms with Gasteiger partial charge in [-0.1, -0.05) is 18.5 Å². The molecule has 0 aliphatic heterocycles. The molecule has 0 unspecified atom stereocenters. The van der Waals surface area contributed by atoms with E-state index in [1.165, 1.54) is 0 Å². The molecule has 0 fully saturated rings. The smallest absolute Gasteiger partial charge is 0.241 e. The lowest BCUT2D eigenvalue weighted by Crippen LogP contribution is -2.24. The van der Waals surface area contributed by atoms with E-state index in [2.05, 4.69) is 17.1 Å². The second kappa shape index (κ2) is 6.47. The zero-order chi connectivity index (χ0) is 14.5. The molecule has 1 aromatic heterocycles. The van der Waals surface area contributed by atoms with Crippen LogP contribution in [-0.2, 0) is 22.0 Å². The number of hydrogen-bond donors (Lipinski definition) is 1. The van der Waals surface area contributed by atoms with Crippen molar-refractivity contribution in [1.29, 1.82) is 0 Å². The highest BCUT2D eigenvalue weighted by Crippen LogP contribution is 2.12. The van der Waals surface area contributed by atoms with Gasteiger partial charge < -0.3 is 9.63 Å². The average molecular weight is 290 g/mol. The van der Waals surface area contributed by atoms with Crippen LogP contribution in [0.25, 0.3) is 0 Å². The second-order valence-corrected chi connectivity index (χ2v) is 7.55. The Kier molecular flexibility index (Phi) is 5.49. The molecule has 1 N–H and O–H groups in total. The third kappa shape index (κ3) is 6.68. The van der Waals surface area contributed by atoms with Gasteiger partial charge in [0.2, 0.25) is 5.89 Å². The molecule has 0 atom stereocenters. The molecule has 7 heteroatoms. The number of aliphatic hydroxyl groups is 1. The molecule has 6 nitrogen and oxygen atoms in total. The van der Waals surface area contributed by atoms with Gasteiger partial charge in [0.1, 0.15) is 5.75 Å². The van der Waals surface area contributed by atoms with Crippen molar-refractivity contribution >= 4 is 9.84 Å². The Hall–Kier alpha value is -0.950. The Balaban J connectivity index is 2.55. The molecular formula is C12H22N2O4S. The van der Waals surface area contributed by atoms with Crippen molar-refractivity contribution in [3.63, 3.8) is 0 Å². The predicted molar refractivity (Wildman–Crippen MR) is 71.3 cm³/mol. The summed E-state index contributed by atoms with van der Waals surface area (Å²) in [7, 11) is -3.33. The summed E-state index contributed by atoms with van der Waals surface area (Å²) in [5, 5.41) is 13.3. The van der Waals surface area contributed by atoms with Crippen LogP contribution in [0.5, 0.6) is 0 Å². The van der Waals surface area contributed by atoms with E-state index in [4.69, 9.17) is 4.52 Å². The van der Waals surface area contributed by atoms with E-state index < -0.39 is 15.4 Å². The van der Waals surface area contributed by atoms with E-state index in [0.29, 0.717) is 12.2 Å². The van der Waals surface area contributed by atoms with E-state index in [9.17, 15) is 13.5 Å². The minimum atomic E-state index is -3.33. The van der Waals surface area contributed by atoms with Gasteiger partial charge in [0.25, 0.3) is 0 Å². The number of unbranched alkanes of at least 4 members (excludes halogenated alkanes) is 1. The van der Waals surface area contributed by atoms with Gasteiger partial charge in [-0.3, -0.25) is 0 Å². The largest absolute Gasteiger partial charge is 0.390 e. The SMILES string of the molecule is CCCCc1noc(CS(=O)(=O)CCC(C)(C)O)n1. The quantitative estimate of drug-likeness (QED) is 0.779. The van der Waals surface area contributed by atoms with Crippen LogP contribution < -0.4 is 0 Å². The lowest BCUT2D eigenvalue weighted by Gasteiger charge is -2.15. The van der Waals surface area contributed by atoms with E-state index in [1.54, 1.807) is 13.8 Å². The van der Waals surface area contributed by atoms with Crippen molar-refractivity contribution in [3.8, 4) is 0 Å². The molecule has 19 heavy (non-hydrogen) atoms. The predicted octanol–water partition coefficient (Wildman–Crippen LogP) is 1.49. The summed E-state index contributed by atoms with van der Waals surface area (Å²) in [4.78, 5) is 4.06. The van der Waals surface area contributed by atoms with Crippen molar-refractivity contribution in [3.05, 3.63) is 11.7 Å². The van der Waals surface area contributed by atoms with Gasteiger partial charge in [0.05, 0.1) is 11.4 Å². The first-order valence-corrected chi connectivity index (χ1v) is 8.28. The van der Waals surface area contributed by atoms with Crippen molar-refractivity contribution in [1.82, 2.24) is 10.1 Å². The van der Waals surface area contributed by atoms with Gasteiger partial charge in [-0.15, -0.1) is 0 Å². The fourth-order valence-corrected chi connectivity index (χ4v) is 2.90. The van der Waals surface area contributed by atoms with E-state index in [1.807, 2.05) is 0 Å². The monoisotopic (exact) mass is 290 g/mol. The highest BCUT2D eigenvalue weighted by molar-refractivity contribution is 7.90. The maximum atomic E-state index is 11.8. The maximum absolute atomic E-state index is 11.8. The van der Waals surface area contributed by atoms with Crippen molar-refractivity contribution in [2.24, 2.45) is 0 Å². The molecule has 1 aromatic rings. The average Bonchev–Trinajstić information content (AvgIpc) is 2.70. The zero-order valence-corrected chi connectivity index (χ0v) is 12.5. The van der Waals surface area contributed by atoms with Crippen molar-refractivity contribution < 1.29 is 18.0 Å².